The number of rotatable bonds is 7. The van der Waals surface area contributed by atoms with Crippen LogP contribution in [0.4, 0.5) is 0 Å². The van der Waals surface area contributed by atoms with Gasteiger partial charge in [-0.2, -0.15) is 0 Å². The van der Waals surface area contributed by atoms with Crippen molar-refractivity contribution < 1.29 is 9.84 Å². The summed E-state index contributed by atoms with van der Waals surface area (Å²) in [7, 11) is 0. The fourth-order valence-electron chi connectivity index (χ4n) is 0.810. The van der Waals surface area contributed by atoms with Crippen molar-refractivity contribution >= 4 is 0 Å². The minimum Gasteiger partial charge on any atom is -0.391 e. The van der Waals surface area contributed by atoms with E-state index in [-0.39, 0.29) is 6.10 Å². The maximum absolute atomic E-state index is 9.25. The molecular formula is C9H18O2. The fraction of sp³-hybridized carbons (Fsp3) is 0.778. The van der Waals surface area contributed by atoms with Gasteiger partial charge in [-0.15, -0.1) is 6.58 Å². The second-order valence-corrected chi connectivity index (χ2v) is 2.62. The van der Waals surface area contributed by atoms with E-state index in [1.807, 2.05) is 0 Å². The standard InChI is InChI=1S/C9H18O2/c1-3-5-6-9(10)8-11-7-4-2/h4,9-10H,2-3,5-8H2,1H3. The highest BCUT2D eigenvalue weighted by atomic mass is 16.5. The van der Waals surface area contributed by atoms with Gasteiger partial charge in [-0.3, -0.25) is 0 Å². The predicted molar refractivity (Wildman–Crippen MR) is 46.5 cm³/mol. The molecule has 0 saturated carbocycles. The number of hydrogen-bond donors (Lipinski definition) is 1. The molecule has 0 amide bonds. The van der Waals surface area contributed by atoms with E-state index in [1.54, 1.807) is 6.08 Å². The number of aliphatic hydroxyl groups is 1. The maximum Gasteiger partial charge on any atom is 0.0773 e. The molecule has 0 spiro atoms. The van der Waals surface area contributed by atoms with Crippen LogP contribution in [0.5, 0.6) is 0 Å². The van der Waals surface area contributed by atoms with Crippen molar-refractivity contribution in [1.82, 2.24) is 0 Å². The van der Waals surface area contributed by atoms with Gasteiger partial charge in [0, 0.05) is 0 Å². The zero-order chi connectivity index (χ0) is 8.53. The van der Waals surface area contributed by atoms with Gasteiger partial charge in [-0.05, 0) is 6.42 Å². The lowest BCUT2D eigenvalue weighted by Crippen LogP contribution is -2.14. The van der Waals surface area contributed by atoms with Crippen LogP contribution in [0.2, 0.25) is 0 Å². The molecule has 0 aromatic carbocycles. The number of unbranched alkanes of at least 4 members (excludes halogenated alkanes) is 1. The monoisotopic (exact) mass is 158 g/mol. The minimum absolute atomic E-state index is 0.296. The van der Waals surface area contributed by atoms with E-state index in [0.29, 0.717) is 13.2 Å². The highest BCUT2D eigenvalue weighted by Crippen LogP contribution is 2.00. The number of hydrogen-bond acceptors (Lipinski definition) is 2. The Balaban J connectivity index is 3.08. The SMILES string of the molecule is C=CCOCC(O)CCCC. The summed E-state index contributed by atoms with van der Waals surface area (Å²) in [5.74, 6) is 0. The molecule has 1 atom stereocenters. The van der Waals surface area contributed by atoms with E-state index >= 15 is 0 Å². The second-order valence-electron chi connectivity index (χ2n) is 2.62. The first-order valence-electron chi connectivity index (χ1n) is 4.18. The van der Waals surface area contributed by atoms with E-state index in [0.717, 1.165) is 19.3 Å². The van der Waals surface area contributed by atoms with E-state index in [2.05, 4.69) is 13.5 Å². The van der Waals surface area contributed by atoms with Crippen molar-refractivity contribution in [1.29, 1.82) is 0 Å². The van der Waals surface area contributed by atoms with Gasteiger partial charge < -0.3 is 9.84 Å². The third kappa shape index (κ3) is 7.56. The summed E-state index contributed by atoms with van der Waals surface area (Å²) in [5, 5.41) is 9.25. The molecule has 0 aromatic rings. The predicted octanol–water partition coefficient (Wildman–Crippen LogP) is 1.74. The largest absolute Gasteiger partial charge is 0.391 e. The van der Waals surface area contributed by atoms with Crippen molar-refractivity contribution in [3.05, 3.63) is 12.7 Å². The minimum atomic E-state index is -0.296. The summed E-state index contributed by atoms with van der Waals surface area (Å²) < 4.78 is 5.07. The normalized spacial score (nSPS) is 12.9. The molecule has 11 heavy (non-hydrogen) atoms. The van der Waals surface area contributed by atoms with Gasteiger partial charge in [0.1, 0.15) is 0 Å². The Kier molecular flexibility index (Phi) is 7.52. The third-order valence-corrected chi connectivity index (χ3v) is 1.44. The first-order valence-corrected chi connectivity index (χ1v) is 4.18. The molecule has 0 aromatic heterocycles. The van der Waals surface area contributed by atoms with E-state index in [4.69, 9.17) is 4.74 Å². The molecule has 0 bridgehead atoms. The number of aliphatic hydroxyl groups excluding tert-OH is 1. The summed E-state index contributed by atoms with van der Waals surface area (Å²) in [5.41, 5.74) is 0. The van der Waals surface area contributed by atoms with Gasteiger partial charge in [0.25, 0.3) is 0 Å². The number of ether oxygens (including phenoxy) is 1. The first-order chi connectivity index (χ1) is 5.31. The van der Waals surface area contributed by atoms with Gasteiger partial charge in [-0.25, -0.2) is 0 Å². The Morgan fingerprint density at radius 2 is 2.36 bits per heavy atom. The van der Waals surface area contributed by atoms with Crippen LogP contribution in [0, 0.1) is 0 Å². The molecule has 2 heteroatoms. The molecule has 0 radical (unpaired) electrons. The molecular weight excluding hydrogens is 140 g/mol. The maximum atomic E-state index is 9.25. The molecule has 1 unspecified atom stereocenters. The summed E-state index contributed by atoms with van der Waals surface area (Å²) in [4.78, 5) is 0. The third-order valence-electron chi connectivity index (χ3n) is 1.44. The van der Waals surface area contributed by atoms with Crippen molar-refractivity contribution in [2.45, 2.75) is 32.3 Å². The summed E-state index contributed by atoms with van der Waals surface area (Å²) in [6.07, 6.45) is 4.42. The summed E-state index contributed by atoms with van der Waals surface area (Å²) >= 11 is 0. The Bertz CT molecular complexity index is 91.6. The molecule has 0 fully saturated rings. The average molecular weight is 158 g/mol. The van der Waals surface area contributed by atoms with Crippen LogP contribution in [0.3, 0.4) is 0 Å². The Labute approximate surface area is 68.9 Å². The summed E-state index contributed by atoms with van der Waals surface area (Å²) in [6.45, 7) is 6.59. The van der Waals surface area contributed by atoms with Crippen LogP contribution in [0.1, 0.15) is 26.2 Å². The Hall–Kier alpha value is -0.340. The van der Waals surface area contributed by atoms with Gasteiger partial charge in [0.15, 0.2) is 0 Å². The lowest BCUT2D eigenvalue weighted by molar-refractivity contribution is 0.0434. The molecule has 0 aliphatic carbocycles. The molecule has 2 nitrogen and oxygen atoms in total. The smallest absolute Gasteiger partial charge is 0.0773 e. The van der Waals surface area contributed by atoms with Crippen molar-refractivity contribution in [2.75, 3.05) is 13.2 Å². The molecule has 0 rings (SSSR count). The van der Waals surface area contributed by atoms with Gasteiger partial charge in [0.2, 0.25) is 0 Å². The molecule has 1 N–H and O–H groups in total. The molecule has 0 aliphatic rings. The Morgan fingerprint density at radius 3 is 2.91 bits per heavy atom. The topological polar surface area (TPSA) is 29.5 Å². The highest BCUT2D eigenvalue weighted by molar-refractivity contribution is 4.64. The Morgan fingerprint density at radius 1 is 1.64 bits per heavy atom. The highest BCUT2D eigenvalue weighted by Gasteiger charge is 2.01. The second kappa shape index (κ2) is 7.76. The van der Waals surface area contributed by atoms with Gasteiger partial charge >= 0.3 is 0 Å². The quantitative estimate of drug-likeness (QED) is 0.451. The van der Waals surface area contributed by atoms with Crippen molar-refractivity contribution in [3.63, 3.8) is 0 Å². The van der Waals surface area contributed by atoms with Crippen LogP contribution in [-0.4, -0.2) is 24.4 Å². The van der Waals surface area contributed by atoms with Gasteiger partial charge in [0.05, 0.1) is 19.3 Å². The zero-order valence-electron chi connectivity index (χ0n) is 7.25. The first kappa shape index (κ1) is 10.7. The van der Waals surface area contributed by atoms with Crippen LogP contribution in [-0.2, 0) is 4.74 Å². The molecule has 66 valence electrons. The zero-order valence-corrected chi connectivity index (χ0v) is 7.25. The van der Waals surface area contributed by atoms with E-state index in [1.165, 1.54) is 0 Å². The van der Waals surface area contributed by atoms with Gasteiger partial charge in [-0.1, -0.05) is 25.8 Å². The van der Waals surface area contributed by atoms with E-state index in [9.17, 15) is 5.11 Å². The van der Waals surface area contributed by atoms with Crippen LogP contribution >= 0.6 is 0 Å². The fourth-order valence-corrected chi connectivity index (χ4v) is 0.810. The van der Waals surface area contributed by atoms with Crippen LogP contribution < -0.4 is 0 Å². The van der Waals surface area contributed by atoms with Crippen LogP contribution in [0.25, 0.3) is 0 Å². The summed E-state index contributed by atoms with van der Waals surface area (Å²) in [6, 6.07) is 0. The molecule has 0 saturated heterocycles. The molecule has 0 aliphatic heterocycles. The van der Waals surface area contributed by atoms with Crippen LogP contribution in [0.15, 0.2) is 12.7 Å². The lowest BCUT2D eigenvalue weighted by atomic mass is 10.2. The van der Waals surface area contributed by atoms with Crippen molar-refractivity contribution in [2.24, 2.45) is 0 Å². The van der Waals surface area contributed by atoms with Crippen molar-refractivity contribution in [3.8, 4) is 0 Å². The lowest BCUT2D eigenvalue weighted by Gasteiger charge is -2.08. The average Bonchev–Trinajstić information content (AvgIpc) is 2.01. The van der Waals surface area contributed by atoms with E-state index < -0.39 is 0 Å². The molecule has 0 heterocycles.